The number of aromatic nitrogens is 1. The molecule has 1 heterocycles. The Morgan fingerprint density at radius 2 is 2.47 bits per heavy atom. The van der Waals surface area contributed by atoms with Crippen LogP contribution in [0.15, 0.2) is 18.5 Å². The number of nitrogens with zero attached hydrogens (tertiary/aromatic N) is 1. The first-order valence-corrected chi connectivity index (χ1v) is 5.45. The minimum absolute atomic E-state index is 0.132. The first-order chi connectivity index (χ1) is 7.09. The van der Waals surface area contributed by atoms with Gasteiger partial charge in [0, 0.05) is 18.1 Å². The van der Waals surface area contributed by atoms with E-state index in [1.807, 2.05) is 12.3 Å². The molecule has 1 aromatic heterocycles. The summed E-state index contributed by atoms with van der Waals surface area (Å²) in [6.07, 6.45) is 7.20. The Hall–Kier alpha value is -1.09. The van der Waals surface area contributed by atoms with E-state index in [0.717, 1.165) is 36.9 Å². The van der Waals surface area contributed by atoms with Gasteiger partial charge in [-0.25, -0.2) is 0 Å². The molecule has 0 aromatic carbocycles. The minimum atomic E-state index is -0.132. The van der Waals surface area contributed by atoms with Gasteiger partial charge in [-0.2, -0.15) is 0 Å². The van der Waals surface area contributed by atoms with E-state index < -0.39 is 0 Å². The Balaban J connectivity index is 2.12. The van der Waals surface area contributed by atoms with E-state index in [4.69, 9.17) is 5.73 Å². The maximum atomic E-state index is 9.57. The van der Waals surface area contributed by atoms with Crippen molar-refractivity contribution < 1.29 is 5.11 Å². The van der Waals surface area contributed by atoms with Gasteiger partial charge in [-0.05, 0) is 42.7 Å². The fourth-order valence-electron chi connectivity index (χ4n) is 2.49. The number of pyridine rings is 1. The average Bonchev–Trinajstić information content (AvgIpc) is 2.51. The summed E-state index contributed by atoms with van der Waals surface area (Å²) in [5.41, 5.74) is 8.00. The number of nitrogens with two attached hydrogens (primary N) is 1. The zero-order chi connectivity index (χ0) is 10.9. The zero-order valence-corrected chi connectivity index (χ0v) is 9.11. The Bertz CT molecular complexity index is 353. The molecule has 2 unspecified atom stereocenters. The quantitative estimate of drug-likeness (QED) is 0.775. The van der Waals surface area contributed by atoms with E-state index in [9.17, 15) is 5.11 Å². The van der Waals surface area contributed by atoms with E-state index in [-0.39, 0.29) is 11.5 Å². The molecule has 1 saturated carbocycles. The Morgan fingerprint density at radius 3 is 3.07 bits per heavy atom. The van der Waals surface area contributed by atoms with E-state index in [2.05, 4.69) is 11.9 Å². The van der Waals surface area contributed by atoms with Crippen LogP contribution in [0.3, 0.4) is 0 Å². The molecule has 3 heteroatoms. The smallest absolute Gasteiger partial charge is 0.0545 e. The third kappa shape index (κ3) is 2.29. The van der Waals surface area contributed by atoms with Crippen molar-refractivity contribution in [3.8, 4) is 0 Å². The molecule has 0 radical (unpaired) electrons. The second-order valence-corrected chi connectivity index (χ2v) is 4.96. The summed E-state index contributed by atoms with van der Waals surface area (Å²) in [6, 6.07) is 1.84. The van der Waals surface area contributed by atoms with E-state index in [1.165, 1.54) is 0 Å². The molecular formula is C12H18N2O. The highest BCUT2D eigenvalue weighted by atomic mass is 16.3. The van der Waals surface area contributed by atoms with Crippen LogP contribution in [0, 0.1) is 5.41 Å². The van der Waals surface area contributed by atoms with Gasteiger partial charge >= 0.3 is 0 Å². The largest absolute Gasteiger partial charge is 0.398 e. The highest BCUT2D eigenvalue weighted by molar-refractivity contribution is 5.44. The SMILES string of the molecule is CC1(Cc2cnccc2N)CCC(O)C1. The molecule has 2 atom stereocenters. The first kappa shape index (κ1) is 10.4. The molecule has 15 heavy (non-hydrogen) atoms. The maximum absolute atomic E-state index is 9.57. The number of rotatable bonds is 2. The third-order valence-electron chi connectivity index (χ3n) is 3.37. The molecule has 3 nitrogen and oxygen atoms in total. The molecule has 0 saturated heterocycles. The third-order valence-corrected chi connectivity index (χ3v) is 3.37. The number of hydrogen-bond acceptors (Lipinski definition) is 3. The standard InChI is InChI=1S/C12H18N2O/c1-12(4-2-10(15)7-12)6-9-8-14-5-3-11(9)13/h3,5,8,10,15H,2,4,6-7H2,1H3,(H2,13,14). The molecule has 0 aliphatic heterocycles. The summed E-state index contributed by atoms with van der Waals surface area (Å²) in [5.74, 6) is 0. The molecule has 1 aliphatic carbocycles. The van der Waals surface area contributed by atoms with Gasteiger partial charge in [0.1, 0.15) is 0 Å². The van der Waals surface area contributed by atoms with Gasteiger partial charge in [0.25, 0.3) is 0 Å². The summed E-state index contributed by atoms with van der Waals surface area (Å²) in [4.78, 5) is 4.10. The lowest BCUT2D eigenvalue weighted by molar-refractivity contribution is 0.163. The first-order valence-electron chi connectivity index (χ1n) is 5.45. The van der Waals surface area contributed by atoms with Gasteiger partial charge in [0.05, 0.1) is 6.10 Å². The van der Waals surface area contributed by atoms with E-state index >= 15 is 0 Å². The molecular weight excluding hydrogens is 188 g/mol. The lowest BCUT2D eigenvalue weighted by Gasteiger charge is -2.24. The highest BCUT2D eigenvalue weighted by Crippen LogP contribution is 2.41. The van der Waals surface area contributed by atoms with Crippen LogP contribution in [0.4, 0.5) is 5.69 Å². The normalized spacial score (nSPS) is 30.7. The molecule has 0 bridgehead atoms. The van der Waals surface area contributed by atoms with Crippen LogP contribution in [0.2, 0.25) is 0 Å². The van der Waals surface area contributed by atoms with Crippen molar-refractivity contribution in [3.63, 3.8) is 0 Å². The van der Waals surface area contributed by atoms with Crippen molar-refractivity contribution in [1.82, 2.24) is 4.98 Å². The molecule has 0 spiro atoms. The van der Waals surface area contributed by atoms with Crippen molar-refractivity contribution in [1.29, 1.82) is 0 Å². The predicted molar refractivity (Wildman–Crippen MR) is 60.3 cm³/mol. The summed E-state index contributed by atoms with van der Waals surface area (Å²) < 4.78 is 0. The van der Waals surface area contributed by atoms with Crippen molar-refractivity contribution in [3.05, 3.63) is 24.0 Å². The fraction of sp³-hybridized carbons (Fsp3) is 0.583. The van der Waals surface area contributed by atoms with Gasteiger partial charge in [0.2, 0.25) is 0 Å². The molecule has 0 amide bonds. The van der Waals surface area contributed by atoms with Gasteiger partial charge in [-0.3, -0.25) is 4.98 Å². The van der Waals surface area contributed by atoms with Gasteiger partial charge in [-0.1, -0.05) is 6.92 Å². The number of aliphatic hydroxyl groups excluding tert-OH is 1. The predicted octanol–water partition coefficient (Wildman–Crippen LogP) is 1.76. The minimum Gasteiger partial charge on any atom is -0.398 e. The highest BCUT2D eigenvalue weighted by Gasteiger charge is 2.34. The number of aliphatic hydroxyl groups is 1. The second kappa shape index (κ2) is 3.81. The Morgan fingerprint density at radius 1 is 1.67 bits per heavy atom. The second-order valence-electron chi connectivity index (χ2n) is 4.96. The lowest BCUT2D eigenvalue weighted by atomic mass is 9.82. The molecule has 2 rings (SSSR count). The summed E-state index contributed by atoms with van der Waals surface area (Å²) in [6.45, 7) is 2.22. The Labute approximate surface area is 90.3 Å². The molecule has 1 fully saturated rings. The van der Waals surface area contributed by atoms with Crippen LogP contribution >= 0.6 is 0 Å². The molecule has 82 valence electrons. The summed E-state index contributed by atoms with van der Waals surface area (Å²) in [5, 5.41) is 9.57. The molecule has 1 aromatic rings. The van der Waals surface area contributed by atoms with Crippen molar-refractivity contribution >= 4 is 5.69 Å². The average molecular weight is 206 g/mol. The van der Waals surface area contributed by atoms with Crippen molar-refractivity contribution in [2.24, 2.45) is 5.41 Å². The van der Waals surface area contributed by atoms with Crippen LogP contribution in [-0.2, 0) is 6.42 Å². The van der Waals surface area contributed by atoms with Crippen molar-refractivity contribution in [2.45, 2.75) is 38.7 Å². The van der Waals surface area contributed by atoms with Gasteiger partial charge in [0.15, 0.2) is 0 Å². The number of hydrogen-bond donors (Lipinski definition) is 2. The van der Waals surface area contributed by atoms with Crippen LogP contribution in [0.5, 0.6) is 0 Å². The molecule has 3 N–H and O–H groups in total. The van der Waals surface area contributed by atoms with Crippen LogP contribution in [0.25, 0.3) is 0 Å². The van der Waals surface area contributed by atoms with Crippen LogP contribution in [-0.4, -0.2) is 16.2 Å². The monoisotopic (exact) mass is 206 g/mol. The summed E-state index contributed by atoms with van der Waals surface area (Å²) >= 11 is 0. The topological polar surface area (TPSA) is 59.1 Å². The van der Waals surface area contributed by atoms with Gasteiger partial charge < -0.3 is 10.8 Å². The van der Waals surface area contributed by atoms with Gasteiger partial charge in [-0.15, -0.1) is 0 Å². The van der Waals surface area contributed by atoms with E-state index in [1.54, 1.807) is 6.20 Å². The molecule has 1 aliphatic rings. The fourth-order valence-corrected chi connectivity index (χ4v) is 2.49. The number of nitrogen functional groups attached to an aromatic ring is 1. The Kier molecular flexibility index (Phi) is 2.65. The van der Waals surface area contributed by atoms with E-state index in [0.29, 0.717) is 0 Å². The summed E-state index contributed by atoms with van der Waals surface area (Å²) in [7, 11) is 0. The van der Waals surface area contributed by atoms with Crippen molar-refractivity contribution in [2.75, 3.05) is 5.73 Å². The lowest BCUT2D eigenvalue weighted by Crippen LogP contribution is -2.17. The van der Waals surface area contributed by atoms with Crippen LogP contribution < -0.4 is 5.73 Å². The van der Waals surface area contributed by atoms with Crippen LogP contribution in [0.1, 0.15) is 31.7 Å². The number of anilines is 1. The zero-order valence-electron chi connectivity index (χ0n) is 9.11. The maximum Gasteiger partial charge on any atom is 0.0545 e.